The van der Waals surface area contributed by atoms with Crippen LogP contribution in [0, 0.1) is 0 Å². The average molecular weight is 590 g/mol. The van der Waals surface area contributed by atoms with Gasteiger partial charge in [0.1, 0.15) is 12.4 Å². The van der Waals surface area contributed by atoms with Gasteiger partial charge in [-0.3, -0.25) is 9.69 Å². The SMILES string of the molecule is COCCOC(=O)C[C@](O)(CCCC(C)(C)O)C(=O)OC1C(OC)=CC23CCCN2CCc2cc4c(cc2[C@H]13)OCO4. The second kappa shape index (κ2) is 12.0. The summed E-state index contributed by atoms with van der Waals surface area (Å²) >= 11 is 0. The van der Waals surface area contributed by atoms with Gasteiger partial charge in [0.2, 0.25) is 6.79 Å². The Balaban J connectivity index is 1.46. The molecule has 2 unspecified atom stereocenters. The first-order valence-corrected chi connectivity index (χ1v) is 14.7. The quantitative estimate of drug-likeness (QED) is 0.275. The molecular weight excluding hydrogens is 546 g/mol. The fourth-order valence-electron chi connectivity index (χ4n) is 6.92. The molecule has 1 aromatic rings. The smallest absolute Gasteiger partial charge is 0.339 e. The molecule has 3 heterocycles. The molecule has 3 aliphatic heterocycles. The van der Waals surface area contributed by atoms with E-state index in [1.807, 2.05) is 12.1 Å². The first kappa shape index (κ1) is 30.6. The summed E-state index contributed by atoms with van der Waals surface area (Å²) in [7, 11) is 3.04. The van der Waals surface area contributed by atoms with Crippen LogP contribution >= 0.6 is 0 Å². The van der Waals surface area contributed by atoms with Gasteiger partial charge in [0, 0.05) is 13.7 Å². The summed E-state index contributed by atoms with van der Waals surface area (Å²) in [6, 6.07) is 4.00. The van der Waals surface area contributed by atoms with Gasteiger partial charge in [0.15, 0.2) is 23.2 Å². The van der Waals surface area contributed by atoms with E-state index in [1.54, 1.807) is 21.0 Å². The minimum absolute atomic E-state index is 0.00334. The number of rotatable bonds is 12. The van der Waals surface area contributed by atoms with Crippen LogP contribution in [0.5, 0.6) is 11.5 Å². The average Bonchev–Trinajstić information content (AvgIpc) is 3.61. The molecule has 42 heavy (non-hydrogen) atoms. The fraction of sp³-hybridized carbons (Fsp3) is 0.677. The number of hydrogen-bond donors (Lipinski definition) is 2. The molecule has 0 bridgehead atoms. The number of carbonyl (C=O) groups excluding carboxylic acids is 2. The van der Waals surface area contributed by atoms with E-state index in [4.69, 9.17) is 28.4 Å². The summed E-state index contributed by atoms with van der Waals surface area (Å²) < 4.78 is 33.6. The van der Waals surface area contributed by atoms with Crippen LogP contribution in [0.15, 0.2) is 24.0 Å². The zero-order valence-corrected chi connectivity index (χ0v) is 25.0. The molecule has 5 rings (SSSR count). The first-order valence-electron chi connectivity index (χ1n) is 14.7. The Hall–Kier alpha value is -2.86. The second-order valence-corrected chi connectivity index (χ2v) is 12.4. The summed E-state index contributed by atoms with van der Waals surface area (Å²) in [5.41, 5.74) is -1.52. The van der Waals surface area contributed by atoms with E-state index in [2.05, 4.69) is 11.0 Å². The van der Waals surface area contributed by atoms with Gasteiger partial charge in [-0.2, -0.15) is 0 Å². The van der Waals surface area contributed by atoms with Crippen molar-refractivity contribution in [2.24, 2.45) is 0 Å². The number of nitrogens with zero attached hydrogens (tertiary/aromatic N) is 1. The van der Waals surface area contributed by atoms with Crippen LogP contribution in [0.2, 0.25) is 0 Å². The van der Waals surface area contributed by atoms with Crippen molar-refractivity contribution in [2.45, 2.75) is 87.6 Å². The van der Waals surface area contributed by atoms with Gasteiger partial charge in [0.25, 0.3) is 0 Å². The van der Waals surface area contributed by atoms with Gasteiger partial charge >= 0.3 is 11.9 Å². The van der Waals surface area contributed by atoms with Crippen LogP contribution in [0.1, 0.15) is 69.4 Å². The van der Waals surface area contributed by atoms with E-state index in [-0.39, 0.29) is 38.8 Å². The molecule has 4 atom stereocenters. The maximum atomic E-state index is 13.9. The van der Waals surface area contributed by atoms with E-state index in [0.717, 1.165) is 43.5 Å². The molecule has 1 aromatic carbocycles. The second-order valence-electron chi connectivity index (χ2n) is 12.4. The van der Waals surface area contributed by atoms with Gasteiger partial charge < -0.3 is 38.6 Å². The molecule has 1 aliphatic carbocycles. The highest BCUT2D eigenvalue weighted by atomic mass is 16.7. The van der Waals surface area contributed by atoms with Crippen molar-refractivity contribution < 1.29 is 48.2 Å². The normalized spacial score (nSPS) is 25.9. The molecule has 1 saturated heterocycles. The minimum Gasteiger partial charge on any atom is -0.497 e. The highest BCUT2D eigenvalue weighted by Gasteiger charge is 2.59. The third kappa shape index (κ3) is 5.97. The summed E-state index contributed by atoms with van der Waals surface area (Å²) in [6.07, 6.45) is 3.80. The molecule has 0 saturated carbocycles. The lowest BCUT2D eigenvalue weighted by Gasteiger charge is -2.39. The number of esters is 2. The van der Waals surface area contributed by atoms with E-state index in [0.29, 0.717) is 23.7 Å². The molecule has 11 heteroatoms. The van der Waals surface area contributed by atoms with Crippen molar-refractivity contribution in [2.75, 3.05) is 47.3 Å². The number of ether oxygens (including phenoxy) is 6. The van der Waals surface area contributed by atoms with Crippen molar-refractivity contribution in [3.8, 4) is 11.5 Å². The molecule has 1 fully saturated rings. The lowest BCUT2D eigenvalue weighted by Crippen LogP contribution is -2.49. The summed E-state index contributed by atoms with van der Waals surface area (Å²) in [4.78, 5) is 29.1. The predicted molar refractivity (Wildman–Crippen MR) is 150 cm³/mol. The minimum atomic E-state index is -2.16. The molecule has 232 valence electrons. The van der Waals surface area contributed by atoms with Crippen LogP contribution in [-0.4, -0.2) is 97.2 Å². The van der Waals surface area contributed by atoms with Crippen LogP contribution in [0.25, 0.3) is 0 Å². The highest BCUT2D eigenvalue weighted by Crippen LogP contribution is 2.55. The van der Waals surface area contributed by atoms with Crippen molar-refractivity contribution in [1.82, 2.24) is 4.90 Å². The van der Waals surface area contributed by atoms with Gasteiger partial charge in [-0.15, -0.1) is 0 Å². The zero-order valence-electron chi connectivity index (χ0n) is 25.0. The summed E-state index contributed by atoms with van der Waals surface area (Å²) in [6.45, 7) is 5.37. The molecule has 2 N–H and O–H groups in total. The number of methoxy groups -OCH3 is 2. The van der Waals surface area contributed by atoms with Crippen molar-refractivity contribution in [3.63, 3.8) is 0 Å². The Morgan fingerprint density at radius 3 is 2.57 bits per heavy atom. The summed E-state index contributed by atoms with van der Waals surface area (Å²) in [5, 5.41) is 21.9. The Morgan fingerprint density at radius 1 is 1.10 bits per heavy atom. The van der Waals surface area contributed by atoms with E-state index >= 15 is 0 Å². The zero-order chi connectivity index (χ0) is 30.1. The molecule has 0 radical (unpaired) electrons. The molecule has 4 aliphatic rings. The van der Waals surface area contributed by atoms with Crippen molar-refractivity contribution in [3.05, 3.63) is 35.1 Å². The molecule has 1 spiro atoms. The van der Waals surface area contributed by atoms with Crippen LogP contribution < -0.4 is 9.47 Å². The van der Waals surface area contributed by atoms with E-state index < -0.39 is 41.2 Å². The fourth-order valence-corrected chi connectivity index (χ4v) is 6.92. The predicted octanol–water partition coefficient (Wildman–Crippen LogP) is 2.60. The number of hydrogen-bond acceptors (Lipinski definition) is 11. The monoisotopic (exact) mass is 589 g/mol. The Bertz CT molecular complexity index is 1210. The third-order valence-corrected chi connectivity index (χ3v) is 8.94. The lowest BCUT2D eigenvalue weighted by atomic mass is 9.77. The topological polar surface area (TPSA) is 133 Å². The maximum absolute atomic E-state index is 13.9. The summed E-state index contributed by atoms with van der Waals surface area (Å²) in [5.74, 6) is -0.136. The maximum Gasteiger partial charge on any atom is 0.339 e. The van der Waals surface area contributed by atoms with Gasteiger partial charge in [-0.1, -0.05) is 0 Å². The number of benzene rings is 1. The Morgan fingerprint density at radius 2 is 1.86 bits per heavy atom. The Labute approximate surface area is 246 Å². The number of fused-ring (bicyclic) bond motifs is 3. The number of carbonyl (C=O) groups is 2. The molecule has 11 nitrogen and oxygen atoms in total. The highest BCUT2D eigenvalue weighted by molar-refractivity contribution is 5.86. The van der Waals surface area contributed by atoms with Crippen LogP contribution in [-0.2, 0) is 35.0 Å². The third-order valence-electron chi connectivity index (χ3n) is 8.94. The Kier molecular flexibility index (Phi) is 8.76. The van der Waals surface area contributed by atoms with Crippen LogP contribution in [0.3, 0.4) is 0 Å². The van der Waals surface area contributed by atoms with E-state index in [9.17, 15) is 19.8 Å². The van der Waals surface area contributed by atoms with Crippen LogP contribution in [0.4, 0.5) is 0 Å². The molecular formula is C31H43NO10. The first-order chi connectivity index (χ1) is 20.0. The van der Waals surface area contributed by atoms with Crippen molar-refractivity contribution >= 4 is 11.9 Å². The van der Waals surface area contributed by atoms with Gasteiger partial charge in [-0.05, 0) is 88.3 Å². The van der Waals surface area contributed by atoms with Gasteiger partial charge in [0.05, 0.1) is 37.2 Å². The van der Waals surface area contributed by atoms with E-state index in [1.165, 1.54) is 7.11 Å². The standard InChI is InChI=1S/C31H43NO10/c1-29(2,35)8-5-10-31(36,18-25(33)39-14-13-37-3)28(34)42-27-24(38-4)17-30-9-6-11-32(30)12-7-20-15-22-23(41-19-40-22)16-21(20)26(27)30/h15-17,26-27,35-36H,5-14,18-19H2,1-4H3/t26-,27?,30?,31-/m1/s1. The molecule has 0 aromatic heterocycles. The lowest BCUT2D eigenvalue weighted by molar-refractivity contribution is -0.179. The largest absolute Gasteiger partial charge is 0.497 e. The van der Waals surface area contributed by atoms with Gasteiger partial charge in [-0.25, -0.2) is 4.79 Å². The molecule has 0 amide bonds. The number of aliphatic hydroxyl groups is 2. The van der Waals surface area contributed by atoms with Crippen molar-refractivity contribution in [1.29, 1.82) is 0 Å².